The van der Waals surface area contributed by atoms with Gasteiger partial charge in [-0.2, -0.15) is 18.4 Å². The molecule has 2 aromatic carbocycles. The molecule has 0 saturated heterocycles. The first-order valence-electron chi connectivity index (χ1n) is 11.7. The van der Waals surface area contributed by atoms with Gasteiger partial charge in [-0.15, -0.1) is 4.36 Å². The molecule has 2 heterocycles. The molecule has 13 heteroatoms. The summed E-state index contributed by atoms with van der Waals surface area (Å²) in [7, 11) is -2.89. The van der Waals surface area contributed by atoms with Gasteiger partial charge in [0.25, 0.3) is 5.91 Å². The lowest BCUT2D eigenvalue weighted by Gasteiger charge is -2.16. The van der Waals surface area contributed by atoms with Crippen molar-refractivity contribution in [2.75, 3.05) is 6.26 Å². The van der Waals surface area contributed by atoms with Crippen molar-refractivity contribution in [3.63, 3.8) is 0 Å². The standard InChI is InChI=1S/C27H22F3N5O4S/c1-16-11-23(39-34-16)35-14-22(25(36)24(17(35)2)19-5-4-6-20(12-19)27(28,29)30)26(37)32-13-18-7-9-21(10-8-18)40(3,38)33-15-31/h4-12,14H,13H2,1-3H3,(H,32,37). The second kappa shape index (κ2) is 10.8. The van der Waals surface area contributed by atoms with E-state index in [-0.39, 0.29) is 34.8 Å². The average Bonchev–Trinajstić information content (AvgIpc) is 3.33. The molecule has 4 aromatic rings. The monoisotopic (exact) mass is 569 g/mol. The van der Waals surface area contributed by atoms with Crippen molar-refractivity contribution in [3.8, 4) is 23.2 Å². The summed E-state index contributed by atoms with van der Waals surface area (Å²) in [5, 5.41) is 15.2. The number of alkyl halides is 3. The molecule has 1 N–H and O–H groups in total. The van der Waals surface area contributed by atoms with Crippen LogP contribution in [-0.4, -0.2) is 26.1 Å². The van der Waals surface area contributed by atoms with Gasteiger partial charge in [0.05, 0.1) is 21.0 Å². The fraction of sp³-hybridized carbons (Fsp3) is 0.185. The number of benzene rings is 2. The minimum atomic E-state index is -4.64. The van der Waals surface area contributed by atoms with Crippen LogP contribution >= 0.6 is 0 Å². The van der Waals surface area contributed by atoms with Crippen LogP contribution in [0.1, 0.15) is 32.9 Å². The number of hydrogen-bond acceptors (Lipinski definition) is 7. The summed E-state index contributed by atoms with van der Waals surface area (Å²) in [4.78, 5) is 27.1. The Morgan fingerprint density at radius 2 is 1.88 bits per heavy atom. The van der Waals surface area contributed by atoms with E-state index in [1.54, 1.807) is 25.1 Å². The number of aryl methyl sites for hydroxylation is 1. The van der Waals surface area contributed by atoms with Crippen LogP contribution in [0, 0.1) is 25.3 Å². The van der Waals surface area contributed by atoms with Crippen LogP contribution in [0.3, 0.4) is 0 Å². The Bertz CT molecular complexity index is 1830. The van der Waals surface area contributed by atoms with Gasteiger partial charge in [0, 0.05) is 41.2 Å². The molecule has 1 atom stereocenters. The van der Waals surface area contributed by atoms with E-state index in [0.29, 0.717) is 16.2 Å². The summed E-state index contributed by atoms with van der Waals surface area (Å²) in [5.74, 6) is -0.607. The van der Waals surface area contributed by atoms with E-state index in [4.69, 9.17) is 9.78 Å². The number of aromatic nitrogens is 2. The Morgan fingerprint density at radius 1 is 1.18 bits per heavy atom. The second-order valence-electron chi connectivity index (χ2n) is 8.91. The SMILES string of the molecule is Cc1cc(-n2cc(C(=O)NCc3ccc(S(C)(=O)=NC#N)cc3)c(=O)c(-c3cccc(C(F)(F)F)c3)c2C)on1. The first kappa shape index (κ1) is 28.3. The fourth-order valence-corrected chi connectivity index (χ4v) is 4.92. The van der Waals surface area contributed by atoms with E-state index >= 15 is 0 Å². The van der Waals surface area contributed by atoms with Gasteiger partial charge < -0.3 is 9.84 Å². The van der Waals surface area contributed by atoms with Crippen LogP contribution in [0.4, 0.5) is 13.2 Å². The summed E-state index contributed by atoms with van der Waals surface area (Å²) >= 11 is 0. The van der Waals surface area contributed by atoms with Crippen LogP contribution in [0.25, 0.3) is 17.0 Å². The van der Waals surface area contributed by atoms with Gasteiger partial charge in [0.2, 0.25) is 17.5 Å². The third kappa shape index (κ3) is 5.81. The lowest BCUT2D eigenvalue weighted by atomic mass is 9.99. The van der Waals surface area contributed by atoms with E-state index in [9.17, 15) is 27.0 Å². The number of nitriles is 1. The van der Waals surface area contributed by atoms with Gasteiger partial charge in [-0.1, -0.05) is 29.4 Å². The van der Waals surface area contributed by atoms with Crippen LogP contribution in [0.5, 0.6) is 0 Å². The predicted octanol–water partition coefficient (Wildman–Crippen LogP) is 5.00. The molecule has 40 heavy (non-hydrogen) atoms. The molecular weight excluding hydrogens is 547 g/mol. The van der Waals surface area contributed by atoms with E-state index in [1.807, 2.05) is 0 Å². The lowest BCUT2D eigenvalue weighted by molar-refractivity contribution is -0.137. The topological polar surface area (TPSA) is 130 Å². The molecule has 1 amide bonds. The van der Waals surface area contributed by atoms with E-state index in [2.05, 4.69) is 14.8 Å². The third-order valence-corrected chi connectivity index (χ3v) is 7.63. The van der Waals surface area contributed by atoms with Gasteiger partial charge in [-0.05, 0) is 49.2 Å². The summed E-state index contributed by atoms with van der Waals surface area (Å²) in [6.45, 7) is 3.18. The molecule has 206 valence electrons. The molecule has 0 aliphatic heterocycles. The highest BCUT2D eigenvalue weighted by molar-refractivity contribution is 7.93. The highest BCUT2D eigenvalue weighted by Gasteiger charge is 2.31. The molecule has 9 nitrogen and oxygen atoms in total. The number of hydrogen-bond donors (Lipinski definition) is 1. The molecule has 0 aliphatic rings. The second-order valence-corrected chi connectivity index (χ2v) is 11.2. The predicted molar refractivity (Wildman–Crippen MR) is 140 cm³/mol. The van der Waals surface area contributed by atoms with Crippen LogP contribution in [0.2, 0.25) is 0 Å². The normalized spacial score (nSPS) is 12.8. The zero-order valence-electron chi connectivity index (χ0n) is 21.4. The first-order valence-corrected chi connectivity index (χ1v) is 13.6. The maximum Gasteiger partial charge on any atom is 0.416 e. The number of carbonyl (C=O) groups excluding carboxylic acids is 1. The molecule has 2 aromatic heterocycles. The zero-order chi connectivity index (χ0) is 29.2. The van der Waals surface area contributed by atoms with Crippen molar-refractivity contribution in [1.29, 1.82) is 5.26 Å². The smallest absolute Gasteiger partial charge is 0.348 e. The maximum absolute atomic E-state index is 13.5. The van der Waals surface area contributed by atoms with E-state index < -0.39 is 32.8 Å². The minimum Gasteiger partial charge on any atom is -0.348 e. The maximum atomic E-state index is 13.5. The van der Waals surface area contributed by atoms with Gasteiger partial charge in [0.1, 0.15) is 5.56 Å². The Kier molecular flexibility index (Phi) is 7.66. The number of halogens is 3. The van der Waals surface area contributed by atoms with Gasteiger partial charge in [-0.3, -0.25) is 14.2 Å². The van der Waals surface area contributed by atoms with E-state index in [0.717, 1.165) is 12.1 Å². The number of carbonyl (C=O) groups is 1. The van der Waals surface area contributed by atoms with Crippen molar-refractivity contribution in [2.45, 2.75) is 31.5 Å². The van der Waals surface area contributed by atoms with Crippen molar-refractivity contribution in [3.05, 3.63) is 99.1 Å². The summed E-state index contributed by atoms with van der Waals surface area (Å²) in [6, 6.07) is 12.1. The van der Waals surface area contributed by atoms with E-state index in [1.165, 1.54) is 54.4 Å². The van der Waals surface area contributed by atoms with Crippen molar-refractivity contribution in [2.24, 2.45) is 4.36 Å². The highest BCUT2D eigenvalue weighted by atomic mass is 32.2. The average molecular weight is 570 g/mol. The Labute approximate surface area is 227 Å². The molecule has 0 radical (unpaired) electrons. The number of amides is 1. The zero-order valence-corrected chi connectivity index (χ0v) is 22.3. The third-order valence-electron chi connectivity index (χ3n) is 6.06. The number of rotatable bonds is 6. The Morgan fingerprint density at radius 3 is 2.48 bits per heavy atom. The molecule has 0 aliphatic carbocycles. The molecule has 1 unspecified atom stereocenters. The molecule has 0 spiro atoms. The van der Waals surface area contributed by atoms with Gasteiger partial charge >= 0.3 is 6.18 Å². The molecular formula is C27H22F3N5O4S. The fourth-order valence-electron chi connectivity index (χ4n) is 4.02. The number of nitrogens with one attached hydrogen (secondary N) is 1. The highest BCUT2D eigenvalue weighted by Crippen LogP contribution is 2.32. The number of pyridine rings is 1. The van der Waals surface area contributed by atoms with Crippen molar-refractivity contribution < 1.29 is 26.7 Å². The summed E-state index contributed by atoms with van der Waals surface area (Å²) < 4.78 is 62.8. The minimum absolute atomic E-state index is 0.0153. The van der Waals surface area contributed by atoms with Crippen LogP contribution < -0.4 is 10.7 Å². The van der Waals surface area contributed by atoms with Crippen molar-refractivity contribution >= 4 is 15.6 Å². The lowest BCUT2D eigenvalue weighted by Crippen LogP contribution is -2.30. The molecule has 0 bridgehead atoms. The largest absolute Gasteiger partial charge is 0.416 e. The first-order chi connectivity index (χ1) is 18.8. The Hall–Kier alpha value is -4.70. The van der Waals surface area contributed by atoms with Gasteiger partial charge in [0.15, 0.2) is 0 Å². The molecule has 0 fully saturated rings. The molecule has 4 rings (SSSR count). The summed E-state index contributed by atoms with van der Waals surface area (Å²) in [6.07, 6.45) is -0.529. The molecule has 0 saturated carbocycles. The van der Waals surface area contributed by atoms with Gasteiger partial charge in [-0.25, -0.2) is 4.21 Å². The van der Waals surface area contributed by atoms with Crippen LogP contribution in [0.15, 0.2) is 79.4 Å². The quantitative estimate of drug-likeness (QED) is 0.326. The Balaban J connectivity index is 1.75. The van der Waals surface area contributed by atoms with Crippen molar-refractivity contribution in [1.82, 2.24) is 15.0 Å². The number of nitrogens with zero attached hydrogens (tertiary/aromatic N) is 4. The summed E-state index contributed by atoms with van der Waals surface area (Å²) in [5.41, 5.74) is -0.785. The van der Waals surface area contributed by atoms with Crippen LogP contribution in [-0.2, 0) is 22.5 Å².